The third-order valence-corrected chi connectivity index (χ3v) is 4.10. The maximum absolute atomic E-state index is 11.8. The van der Waals surface area contributed by atoms with Crippen LogP contribution in [0.4, 0.5) is 4.79 Å². The van der Waals surface area contributed by atoms with E-state index in [1.165, 1.54) is 33.3 Å². The van der Waals surface area contributed by atoms with Crippen molar-refractivity contribution in [2.75, 3.05) is 20.8 Å². The number of rotatable bonds is 9. The quantitative estimate of drug-likeness (QED) is 0.416. The van der Waals surface area contributed by atoms with Crippen molar-refractivity contribution in [3.63, 3.8) is 0 Å². The molecule has 0 bridgehead atoms. The van der Waals surface area contributed by atoms with E-state index in [4.69, 9.17) is 18.9 Å². The van der Waals surface area contributed by atoms with Gasteiger partial charge in [-0.2, -0.15) is 0 Å². The minimum absolute atomic E-state index is 0.0561. The predicted octanol–water partition coefficient (Wildman–Crippen LogP) is 1.95. The summed E-state index contributed by atoms with van der Waals surface area (Å²) in [6.45, 7) is 1.05. The Morgan fingerprint density at radius 2 is 1.63 bits per heavy atom. The van der Waals surface area contributed by atoms with Gasteiger partial charge in [-0.3, -0.25) is 4.79 Å². The summed E-state index contributed by atoms with van der Waals surface area (Å²) in [5.41, 5.74) is 1.06. The van der Waals surface area contributed by atoms with E-state index in [1.54, 1.807) is 0 Å². The van der Waals surface area contributed by atoms with Crippen LogP contribution < -0.4 is 19.5 Å². The van der Waals surface area contributed by atoms with Gasteiger partial charge in [0.05, 0.1) is 14.2 Å². The maximum atomic E-state index is 11.8. The molecule has 0 heterocycles. The molecule has 2 aromatic carbocycles. The van der Waals surface area contributed by atoms with Crippen molar-refractivity contribution < 1.29 is 38.7 Å². The number of amides is 1. The molecule has 9 heteroatoms. The summed E-state index contributed by atoms with van der Waals surface area (Å²) in [6, 6.07) is 11.9. The van der Waals surface area contributed by atoms with Gasteiger partial charge in [-0.1, -0.05) is 30.3 Å². The largest absolute Gasteiger partial charge is 0.493 e. The first-order valence-corrected chi connectivity index (χ1v) is 9.10. The Kier molecular flexibility index (Phi) is 8.45. The van der Waals surface area contributed by atoms with E-state index in [1.807, 2.05) is 30.3 Å². The lowest BCUT2D eigenvalue weighted by atomic mass is 10.0. The van der Waals surface area contributed by atoms with Crippen molar-refractivity contribution >= 4 is 12.1 Å². The molecule has 0 aromatic heterocycles. The number of esters is 1. The molecule has 30 heavy (non-hydrogen) atoms. The highest BCUT2D eigenvalue weighted by Gasteiger charge is 2.24. The molecule has 0 aliphatic carbocycles. The van der Waals surface area contributed by atoms with Crippen molar-refractivity contribution in [1.82, 2.24) is 5.32 Å². The fraction of sp³-hybridized carbons (Fsp3) is 0.333. The summed E-state index contributed by atoms with van der Waals surface area (Å²) in [6.07, 6.45) is -3.46. The second kappa shape index (κ2) is 11.0. The van der Waals surface area contributed by atoms with Gasteiger partial charge >= 0.3 is 12.1 Å². The number of hydrogen-bond acceptors (Lipinski definition) is 8. The van der Waals surface area contributed by atoms with Crippen molar-refractivity contribution in [1.29, 1.82) is 0 Å². The molecule has 3 N–H and O–H groups in total. The molecule has 2 unspecified atom stereocenters. The van der Waals surface area contributed by atoms with Gasteiger partial charge in [-0.25, -0.2) is 4.79 Å². The fourth-order valence-corrected chi connectivity index (χ4v) is 2.61. The smallest absolute Gasteiger partial charge is 0.407 e. The lowest BCUT2D eigenvalue weighted by Crippen LogP contribution is -2.35. The molecule has 0 saturated heterocycles. The molecule has 9 nitrogen and oxygen atoms in total. The zero-order chi connectivity index (χ0) is 22.1. The van der Waals surface area contributed by atoms with Crippen LogP contribution in [-0.4, -0.2) is 49.1 Å². The molecule has 162 valence electrons. The molecule has 0 radical (unpaired) electrons. The number of alkyl carbamates (subject to hydrolysis) is 1. The molecule has 0 saturated carbocycles. The molecule has 2 atom stereocenters. The molecule has 0 aliphatic rings. The average Bonchev–Trinajstić information content (AvgIpc) is 2.75. The number of aliphatic hydroxyl groups is 2. The number of aliphatic hydroxyl groups excluding tert-OH is 2. The van der Waals surface area contributed by atoms with Gasteiger partial charge in [0, 0.05) is 13.5 Å². The van der Waals surface area contributed by atoms with Crippen molar-refractivity contribution in [3.8, 4) is 17.2 Å². The molecular formula is C21H25NO8. The topological polar surface area (TPSA) is 124 Å². The van der Waals surface area contributed by atoms with Gasteiger partial charge < -0.3 is 34.5 Å². The maximum Gasteiger partial charge on any atom is 0.407 e. The van der Waals surface area contributed by atoms with Gasteiger partial charge in [0.25, 0.3) is 0 Å². The van der Waals surface area contributed by atoms with Crippen LogP contribution >= 0.6 is 0 Å². The lowest BCUT2D eigenvalue weighted by molar-refractivity contribution is -0.132. The highest BCUT2D eigenvalue weighted by molar-refractivity contribution is 5.72. The second-order valence-corrected chi connectivity index (χ2v) is 6.30. The fourth-order valence-electron chi connectivity index (χ4n) is 2.61. The number of carbonyl (C=O) groups excluding carboxylic acids is 2. The van der Waals surface area contributed by atoms with Gasteiger partial charge in [0.1, 0.15) is 18.8 Å². The third kappa shape index (κ3) is 6.36. The third-order valence-electron chi connectivity index (χ3n) is 4.10. The van der Waals surface area contributed by atoms with E-state index in [0.717, 1.165) is 5.56 Å². The predicted molar refractivity (Wildman–Crippen MR) is 106 cm³/mol. The average molecular weight is 419 g/mol. The Labute approximate surface area is 174 Å². The Morgan fingerprint density at radius 3 is 2.17 bits per heavy atom. The SMILES string of the molecule is COc1cc(C(O)C(O)CNC(=O)OCc2ccccc2)cc(OC)c1OC(C)=O. The molecule has 2 aromatic rings. The number of methoxy groups -OCH3 is 2. The molecule has 1 amide bonds. The Morgan fingerprint density at radius 1 is 1.03 bits per heavy atom. The minimum atomic E-state index is -1.38. The number of benzene rings is 2. The van der Waals surface area contributed by atoms with E-state index in [0.29, 0.717) is 0 Å². The Balaban J connectivity index is 2.00. The Hall–Kier alpha value is -3.30. The normalized spacial score (nSPS) is 12.4. The molecule has 2 rings (SSSR count). The molecule has 0 fully saturated rings. The first-order valence-electron chi connectivity index (χ1n) is 9.10. The first kappa shape index (κ1) is 23.0. The number of nitrogens with one attached hydrogen (secondary N) is 1. The number of carbonyl (C=O) groups is 2. The second-order valence-electron chi connectivity index (χ2n) is 6.30. The zero-order valence-corrected chi connectivity index (χ0v) is 17.0. The van der Waals surface area contributed by atoms with Crippen LogP contribution in [0.2, 0.25) is 0 Å². The van der Waals surface area contributed by atoms with Crippen LogP contribution in [0.15, 0.2) is 42.5 Å². The van der Waals surface area contributed by atoms with Gasteiger partial charge in [0.15, 0.2) is 11.5 Å². The molecule has 0 spiro atoms. The van der Waals surface area contributed by atoms with Crippen LogP contribution in [-0.2, 0) is 16.1 Å². The van der Waals surface area contributed by atoms with Crippen LogP contribution in [0.1, 0.15) is 24.2 Å². The van der Waals surface area contributed by atoms with E-state index < -0.39 is 24.3 Å². The van der Waals surface area contributed by atoms with Gasteiger partial charge in [-0.15, -0.1) is 0 Å². The molecule has 0 aliphatic heterocycles. The Bertz CT molecular complexity index is 830. The summed E-state index contributed by atoms with van der Waals surface area (Å²) < 4.78 is 20.5. The summed E-state index contributed by atoms with van der Waals surface area (Å²) in [7, 11) is 2.72. The highest BCUT2D eigenvalue weighted by atomic mass is 16.6. The number of ether oxygens (including phenoxy) is 4. The van der Waals surface area contributed by atoms with Crippen molar-refractivity contribution in [2.45, 2.75) is 25.7 Å². The standard InChI is InChI=1S/C21H25NO8/c1-13(23)30-20-17(27-2)9-15(10-18(20)28-3)19(25)16(24)11-22-21(26)29-12-14-7-5-4-6-8-14/h4-10,16,19,24-25H,11-12H2,1-3H3,(H,22,26). The van der Waals surface area contributed by atoms with Crippen LogP contribution in [0.25, 0.3) is 0 Å². The van der Waals surface area contributed by atoms with Gasteiger partial charge in [0.2, 0.25) is 5.75 Å². The van der Waals surface area contributed by atoms with Crippen molar-refractivity contribution in [2.24, 2.45) is 0 Å². The minimum Gasteiger partial charge on any atom is -0.493 e. The summed E-state index contributed by atoms with van der Waals surface area (Å²) in [4.78, 5) is 23.1. The lowest BCUT2D eigenvalue weighted by Gasteiger charge is -2.21. The summed E-state index contributed by atoms with van der Waals surface area (Å²) >= 11 is 0. The zero-order valence-electron chi connectivity index (χ0n) is 17.0. The van der Waals surface area contributed by atoms with Gasteiger partial charge in [-0.05, 0) is 23.3 Å². The van der Waals surface area contributed by atoms with Crippen LogP contribution in [0, 0.1) is 0 Å². The summed E-state index contributed by atoms with van der Waals surface area (Å²) in [5, 5.41) is 23.1. The van der Waals surface area contributed by atoms with Crippen LogP contribution in [0.5, 0.6) is 17.2 Å². The monoisotopic (exact) mass is 419 g/mol. The summed E-state index contributed by atoms with van der Waals surface area (Å²) in [5.74, 6) is -0.235. The first-order chi connectivity index (χ1) is 14.3. The van der Waals surface area contributed by atoms with E-state index in [2.05, 4.69) is 5.32 Å². The van der Waals surface area contributed by atoms with E-state index >= 15 is 0 Å². The van der Waals surface area contributed by atoms with E-state index in [-0.39, 0.29) is 36.0 Å². The highest BCUT2D eigenvalue weighted by Crippen LogP contribution is 2.40. The van der Waals surface area contributed by atoms with E-state index in [9.17, 15) is 19.8 Å². The number of hydrogen-bond donors (Lipinski definition) is 3. The van der Waals surface area contributed by atoms with Crippen LogP contribution in [0.3, 0.4) is 0 Å². The molecular weight excluding hydrogens is 394 g/mol. The van der Waals surface area contributed by atoms with Crippen molar-refractivity contribution in [3.05, 3.63) is 53.6 Å².